The summed E-state index contributed by atoms with van der Waals surface area (Å²) in [5.41, 5.74) is 5.63. The van der Waals surface area contributed by atoms with E-state index in [0.29, 0.717) is 18.1 Å². The number of anilines is 1. The maximum absolute atomic E-state index is 12.2. The Balaban J connectivity index is 2.07. The number of carbonyl (C=O) groups is 1. The van der Waals surface area contributed by atoms with Gasteiger partial charge < -0.3 is 15.8 Å². The van der Waals surface area contributed by atoms with Gasteiger partial charge in [0.2, 0.25) is 5.91 Å². The van der Waals surface area contributed by atoms with Crippen molar-refractivity contribution in [1.29, 1.82) is 0 Å². The molecule has 2 aromatic heterocycles. The van der Waals surface area contributed by atoms with E-state index in [1.165, 1.54) is 22.8 Å². The zero-order valence-electron chi connectivity index (χ0n) is 11.2. The largest absolute Gasteiger partial charge is 0.383 e. The van der Waals surface area contributed by atoms with Gasteiger partial charge in [0.15, 0.2) is 15.8 Å². The van der Waals surface area contributed by atoms with Crippen LogP contribution in [0.2, 0.25) is 0 Å². The molecule has 2 aromatic rings. The average Bonchev–Trinajstić information content (AvgIpc) is 2.96. The molecular weight excluding hydrogens is 318 g/mol. The molecule has 0 saturated carbocycles. The molecular formula is C10H15N5O4S2. The maximum Gasteiger partial charge on any atom is 0.260 e. The number of carbonyl (C=O) groups excluding carboxylic acids is 1. The number of ether oxygens (including phenoxy) is 1. The standard InChI is InChI=1S/C10H15N5O4S2/c1-19-4-2-12-7(16)6-13-21(17,18)9-8(11)14-10-15(9)3-5-20-10/h3,5,13H,2,4,6,11H2,1H3,(H,12,16). The van der Waals surface area contributed by atoms with Gasteiger partial charge in [-0.3, -0.25) is 9.20 Å². The number of nitrogens with one attached hydrogen (secondary N) is 2. The normalized spacial score (nSPS) is 11.9. The van der Waals surface area contributed by atoms with Crippen molar-refractivity contribution in [1.82, 2.24) is 19.4 Å². The Labute approximate surface area is 125 Å². The summed E-state index contributed by atoms with van der Waals surface area (Å²) in [6.07, 6.45) is 1.55. The van der Waals surface area contributed by atoms with Crippen LogP contribution in [0.15, 0.2) is 16.6 Å². The van der Waals surface area contributed by atoms with Crippen LogP contribution in [0.3, 0.4) is 0 Å². The molecule has 2 rings (SSSR count). The summed E-state index contributed by atoms with van der Waals surface area (Å²) >= 11 is 1.26. The zero-order chi connectivity index (χ0) is 15.5. The molecule has 0 aliphatic carbocycles. The number of thiazole rings is 1. The van der Waals surface area contributed by atoms with Gasteiger partial charge in [0.05, 0.1) is 13.2 Å². The van der Waals surface area contributed by atoms with Gasteiger partial charge in [0, 0.05) is 25.2 Å². The molecule has 4 N–H and O–H groups in total. The third kappa shape index (κ3) is 3.50. The number of rotatable bonds is 7. The number of nitrogens with zero attached hydrogens (tertiary/aromatic N) is 2. The predicted molar refractivity (Wildman–Crippen MR) is 77.6 cm³/mol. The van der Waals surface area contributed by atoms with Crippen LogP contribution >= 0.6 is 11.3 Å². The minimum absolute atomic E-state index is 0.103. The highest BCUT2D eigenvalue weighted by Gasteiger charge is 2.24. The van der Waals surface area contributed by atoms with Crippen molar-refractivity contribution in [3.05, 3.63) is 11.6 Å². The van der Waals surface area contributed by atoms with Gasteiger partial charge in [-0.05, 0) is 0 Å². The van der Waals surface area contributed by atoms with Gasteiger partial charge >= 0.3 is 0 Å². The van der Waals surface area contributed by atoms with Gasteiger partial charge in [-0.25, -0.2) is 18.1 Å². The lowest BCUT2D eigenvalue weighted by molar-refractivity contribution is -0.120. The second kappa shape index (κ2) is 6.39. The van der Waals surface area contributed by atoms with Crippen LogP contribution in [0.25, 0.3) is 4.96 Å². The number of nitrogens with two attached hydrogens (primary N) is 1. The van der Waals surface area contributed by atoms with E-state index in [0.717, 1.165) is 0 Å². The monoisotopic (exact) mass is 333 g/mol. The van der Waals surface area contributed by atoms with E-state index in [1.54, 1.807) is 11.6 Å². The Morgan fingerprint density at radius 1 is 1.57 bits per heavy atom. The lowest BCUT2D eigenvalue weighted by atomic mass is 10.6. The SMILES string of the molecule is COCCNC(=O)CNS(=O)(=O)c1c(N)nc2sccn12. The Hall–Kier alpha value is -1.69. The molecule has 0 aromatic carbocycles. The summed E-state index contributed by atoms with van der Waals surface area (Å²) in [5.74, 6) is -0.561. The van der Waals surface area contributed by atoms with E-state index in [4.69, 9.17) is 10.5 Å². The predicted octanol–water partition coefficient (Wildman–Crippen LogP) is -0.981. The molecule has 0 unspecified atom stereocenters. The molecule has 0 spiro atoms. The molecule has 0 saturated heterocycles. The summed E-state index contributed by atoms with van der Waals surface area (Å²) in [6, 6.07) is 0. The lowest BCUT2D eigenvalue weighted by Gasteiger charge is -2.07. The van der Waals surface area contributed by atoms with E-state index in [-0.39, 0.29) is 17.4 Å². The number of fused-ring (bicyclic) bond motifs is 1. The summed E-state index contributed by atoms with van der Waals surface area (Å²) < 4.78 is 32.7. The molecule has 1 amide bonds. The van der Waals surface area contributed by atoms with Crippen molar-refractivity contribution in [3.8, 4) is 0 Å². The van der Waals surface area contributed by atoms with Gasteiger partial charge in [0.25, 0.3) is 10.0 Å². The van der Waals surface area contributed by atoms with Crippen molar-refractivity contribution < 1.29 is 17.9 Å². The van der Waals surface area contributed by atoms with Gasteiger partial charge in [-0.15, -0.1) is 11.3 Å². The Bertz CT molecular complexity index is 736. The number of hydrogen-bond donors (Lipinski definition) is 3. The minimum Gasteiger partial charge on any atom is -0.383 e. The van der Waals surface area contributed by atoms with Crippen molar-refractivity contribution in [2.75, 3.05) is 32.5 Å². The average molecular weight is 333 g/mol. The topological polar surface area (TPSA) is 128 Å². The second-order valence-corrected chi connectivity index (χ2v) is 6.58. The first kappa shape index (κ1) is 15.7. The van der Waals surface area contributed by atoms with Crippen LogP contribution in [0, 0.1) is 0 Å². The summed E-state index contributed by atoms with van der Waals surface area (Å²) in [4.78, 5) is 15.9. The van der Waals surface area contributed by atoms with Crippen molar-refractivity contribution in [2.24, 2.45) is 0 Å². The van der Waals surface area contributed by atoms with Crippen molar-refractivity contribution in [2.45, 2.75) is 5.03 Å². The number of sulfonamides is 1. The Kier molecular flexibility index (Phi) is 4.77. The zero-order valence-corrected chi connectivity index (χ0v) is 12.8. The molecule has 0 aliphatic heterocycles. The minimum atomic E-state index is -3.93. The fourth-order valence-corrected chi connectivity index (χ4v) is 3.60. The van der Waals surface area contributed by atoms with Gasteiger partial charge in [-0.1, -0.05) is 0 Å². The van der Waals surface area contributed by atoms with E-state index < -0.39 is 15.9 Å². The molecule has 21 heavy (non-hydrogen) atoms. The fourth-order valence-electron chi connectivity index (χ4n) is 1.63. The van der Waals surface area contributed by atoms with Crippen LogP contribution in [0.1, 0.15) is 0 Å². The van der Waals surface area contributed by atoms with E-state index >= 15 is 0 Å². The molecule has 0 bridgehead atoms. The van der Waals surface area contributed by atoms with E-state index in [1.807, 2.05) is 0 Å². The van der Waals surface area contributed by atoms with Crippen LogP contribution in [-0.4, -0.2) is 50.5 Å². The molecule has 0 atom stereocenters. The number of aromatic nitrogens is 2. The number of imidazole rings is 1. The van der Waals surface area contributed by atoms with E-state index in [9.17, 15) is 13.2 Å². The highest BCUT2D eigenvalue weighted by atomic mass is 32.2. The quantitative estimate of drug-likeness (QED) is 0.559. The molecule has 0 radical (unpaired) electrons. The second-order valence-electron chi connectivity index (χ2n) is 4.03. The molecule has 9 nitrogen and oxygen atoms in total. The molecule has 0 fully saturated rings. The number of hydrogen-bond acceptors (Lipinski definition) is 7. The molecule has 2 heterocycles. The van der Waals surface area contributed by atoms with Gasteiger partial charge in [-0.2, -0.15) is 0 Å². The number of nitrogen functional groups attached to an aromatic ring is 1. The van der Waals surface area contributed by atoms with E-state index in [2.05, 4.69) is 15.0 Å². The Morgan fingerprint density at radius 2 is 2.33 bits per heavy atom. The summed E-state index contributed by atoms with van der Waals surface area (Å²) in [7, 11) is -2.43. The van der Waals surface area contributed by atoms with Crippen LogP contribution < -0.4 is 15.8 Å². The fraction of sp³-hybridized carbons (Fsp3) is 0.400. The highest BCUT2D eigenvalue weighted by Crippen LogP contribution is 2.22. The summed E-state index contributed by atoms with van der Waals surface area (Å²) in [5, 5.41) is 4.03. The van der Waals surface area contributed by atoms with Gasteiger partial charge in [0.1, 0.15) is 0 Å². The molecule has 116 valence electrons. The molecule has 0 aliphatic rings. The first-order chi connectivity index (χ1) is 9.95. The third-order valence-corrected chi connectivity index (χ3v) is 4.75. The van der Waals surface area contributed by atoms with Crippen molar-refractivity contribution >= 4 is 38.0 Å². The number of methoxy groups -OCH3 is 1. The highest BCUT2D eigenvalue weighted by molar-refractivity contribution is 7.89. The summed E-state index contributed by atoms with van der Waals surface area (Å²) in [6.45, 7) is 0.271. The molecule has 11 heteroatoms. The maximum atomic E-state index is 12.2. The third-order valence-electron chi connectivity index (χ3n) is 2.55. The van der Waals surface area contributed by atoms with Crippen LogP contribution in [-0.2, 0) is 19.6 Å². The first-order valence-corrected chi connectivity index (χ1v) is 8.28. The Morgan fingerprint density at radius 3 is 3.05 bits per heavy atom. The van der Waals surface area contributed by atoms with Crippen LogP contribution in [0.5, 0.6) is 0 Å². The van der Waals surface area contributed by atoms with Crippen molar-refractivity contribution in [3.63, 3.8) is 0 Å². The number of amides is 1. The lowest BCUT2D eigenvalue weighted by Crippen LogP contribution is -2.38. The first-order valence-electron chi connectivity index (χ1n) is 5.92. The van der Waals surface area contributed by atoms with Crippen LogP contribution in [0.4, 0.5) is 5.82 Å². The smallest absolute Gasteiger partial charge is 0.260 e.